The van der Waals surface area contributed by atoms with E-state index in [4.69, 9.17) is 4.42 Å². The topological polar surface area (TPSA) is 96.1 Å². The molecule has 8 nitrogen and oxygen atoms in total. The molecule has 8 heteroatoms. The fourth-order valence-corrected chi connectivity index (χ4v) is 4.38. The molecule has 1 amide bonds. The maximum absolute atomic E-state index is 13.1. The van der Waals surface area contributed by atoms with Crippen LogP contribution in [0, 0.1) is 11.3 Å². The van der Waals surface area contributed by atoms with Crippen LogP contribution in [0.5, 0.6) is 0 Å². The molecule has 27 heavy (non-hydrogen) atoms. The quantitative estimate of drug-likeness (QED) is 0.766. The summed E-state index contributed by atoms with van der Waals surface area (Å²) in [6.07, 6.45) is 5.30. The molecule has 3 heterocycles. The van der Waals surface area contributed by atoms with Gasteiger partial charge in [-0.15, -0.1) is 0 Å². The van der Waals surface area contributed by atoms with Gasteiger partial charge in [-0.1, -0.05) is 0 Å². The van der Waals surface area contributed by atoms with Gasteiger partial charge in [0.2, 0.25) is 11.8 Å². The van der Waals surface area contributed by atoms with Crippen molar-refractivity contribution in [3.8, 4) is 0 Å². The summed E-state index contributed by atoms with van der Waals surface area (Å²) in [6.45, 7) is 3.26. The first kappa shape index (κ1) is 18.4. The molecule has 1 aromatic heterocycles. The Balaban J connectivity index is 1.36. The van der Waals surface area contributed by atoms with E-state index in [0.29, 0.717) is 31.3 Å². The van der Waals surface area contributed by atoms with Crippen LogP contribution in [0.4, 0.5) is 0 Å². The highest BCUT2D eigenvalue weighted by Crippen LogP contribution is 2.42. The lowest BCUT2D eigenvalue weighted by Gasteiger charge is -2.47. The third kappa shape index (κ3) is 3.87. The molecular weight excluding hydrogens is 350 g/mol. The molecule has 1 N–H and O–H groups in total. The molecule has 2 saturated heterocycles. The fraction of sp³-hybridized carbons (Fsp3) is 0.737. The molecule has 1 saturated carbocycles. The summed E-state index contributed by atoms with van der Waals surface area (Å²) in [7, 11) is 1.31. The van der Waals surface area contributed by atoms with E-state index in [1.165, 1.54) is 26.2 Å². The molecule has 3 aliphatic rings. The molecule has 1 unspecified atom stereocenters. The smallest absolute Gasteiger partial charge is 0.360 e. The van der Waals surface area contributed by atoms with E-state index in [9.17, 15) is 14.7 Å². The van der Waals surface area contributed by atoms with E-state index in [2.05, 4.69) is 14.6 Å². The van der Waals surface area contributed by atoms with Crippen LogP contribution in [0.15, 0.2) is 10.7 Å². The molecule has 1 atom stereocenters. The van der Waals surface area contributed by atoms with Gasteiger partial charge in [0, 0.05) is 13.1 Å². The second-order valence-corrected chi connectivity index (χ2v) is 8.19. The Kier molecular flexibility index (Phi) is 4.94. The van der Waals surface area contributed by atoms with Crippen molar-refractivity contribution in [3.63, 3.8) is 0 Å². The lowest BCUT2D eigenvalue weighted by atomic mass is 9.71. The minimum atomic E-state index is -0.514. The summed E-state index contributed by atoms with van der Waals surface area (Å²) >= 11 is 0. The Bertz CT molecular complexity index is 704. The number of aliphatic hydroxyl groups is 1. The fourth-order valence-electron chi connectivity index (χ4n) is 4.38. The first-order valence-corrected chi connectivity index (χ1v) is 9.71. The zero-order valence-corrected chi connectivity index (χ0v) is 15.7. The number of hydrogen-bond acceptors (Lipinski definition) is 7. The number of likely N-dealkylation sites (tertiary alicyclic amines) is 2. The summed E-state index contributed by atoms with van der Waals surface area (Å²) < 4.78 is 10.0. The number of carbonyl (C=O) groups excluding carboxylic acids is 2. The van der Waals surface area contributed by atoms with Gasteiger partial charge in [-0.2, -0.15) is 0 Å². The predicted molar refractivity (Wildman–Crippen MR) is 94.7 cm³/mol. The highest BCUT2D eigenvalue weighted by Gasteiger charge is 2.49. The second-order valence-electron chi connectivity index (χ2n) is 8.19. The van der Waals surface area contributed by atoms with Gasteiger partial charge >= 0.3 is 5.97 Å². The number of piperidine rings is 2. The number of carbonyl (C=O) groups is 2. The average Bonchev–Trinajstić information content (AvgIpc) is 3.36. The van der Waals surface area contributed by atoms with E-state index >= 15 is 0 Å². The first-order chi connectivity index (χ1) is 13.0. The van der Waals surface area contributed by atoms with Crippen molar-refractivity contribution < 1.29 is 23.8 Å². The van der Waals surface area contributed by atoms with Crippen molar-refractivity contribution in [2.24, 2.45) is 11.3 Å². The third-order valence-electron chi connectivity index (χ3n) is 6.09. The molecule has 4 rings (SSSR count). The molecule has 3 fully saturated rings. The zero-order valence-electron chi connectivity index (χ0n) is 15.7. The summed E-state index contributed by atoms with van der Waals surface area (Å²) in [5.41, 5.74) is -0.265. The van der Waals surface area contributed by atoms with Crippen molar-refractivity contribution >= 4 is 11.9 Å². The van der Waals surface area contributed by atoms with Gasteiger partial charge in [0.05, 0.1) is 25.2 Å². The van der Waals surface area contributed by atoms with Gasteiger partial charge < -0.3 is 19.2 Å². The zero-order chi connectivity index (χ0) is 19.0. The van der Waals surface area contributed by atoms with Crippen LogP contribution < -0.4 is 0 Å². The number of nitrogens with zero attached hydrogens (tertiary/aromatic N) is 3. The van der Waals surface area contributed by atoms with Gasteiger partial charge in [-0.3, -0.25) is 9.69 Å². The van der Waals surface area contributed by atoms with Gasteiger partial charge in [0.25, 0.3) is 0 Å². The van der Waals surface area contributed by atoms with Crippen LogP contribution in [-0.2, 0) is 16.1 Å². The summed E-state index contributed by atoms with van der Waals surface area (Å²) in [4.78, 5) is 32.8. The molecule has 0 bridgehead atoms. The lowest BCUT2D eigenvalue weighted by molar-refractivity contribution is -0.157. The standard InChI is InChI=1S/C19H27N3O5/c1-26-17(24)15-12-27-16(20-15)11-21-6-4-19(5-7-21)8-14(23)10-22(18(19)25)9-13-2-3-13/h12-14,23H,2-11H2,1H3. The highest BCUT2D eigenvalue weighted by atomic mass is 16.5. The second kappa shape index (κ2) is 7.24. The average molecular weight is 377 g/mol. The van der Waals surface area contributed by atoms with Crippen LogP contribution in [0.3, 0.4) is 0 Å². The van der Waals surface area contributed by atoms with E-state index in [-0.39, 0.29) is 11.6 Å². The molecule has 0 aromatic carbocycles. The van der Waals surface area contributed by atoms with Crippen molar-refractivity contribution in [1.82, 2.24) is 14.8 Å². The van der Waals surface area contributed by atoms with Crippen LogP contribution in [0.25, 0.3) is 0 Å². The van der Waals surface area contributed by atoms with E-state index in [1.54, 1.807) is 0 Å². The predicted octanol–water partition coefficient (Wildman–Crippen LogP) is 1.05. The first-order valence-electron chi connectivity index (χ1n) is 9.71. The Morgan fingerprint density at radius 1 is 1.41 bits per heavy atom. The number of amides is 1. The number of hydrogen-bond donors (Lipinski definition) is 1. The highest BCUT2D eigenvalue weighted by molar-refractivity contribution is 5.86. The third-order valence-corrected chi connectivity index (χ3v) is 6.09. The minimum absolute atomic E-state index is 0.169. The molecule has 1 spiro atoms. The Labute approximate surface area is 158 Å². The lowest BCUT2D eigenvalue weighted by Crippen LogP contribution is -2.57. The number of methoxy groups -OCH3 is 1. The van der Waals surface area contributed by atoms with Crippen LogP contribution in [-0.4, -0.2) is 71.2 Å². The van der Waals surface area contributed by atoms with Crippen molar-refractivity contribution in [2.45, 2.75) is 44.8 Å². The number of esters is 1. The maximum atomic E-state index is 13.1. The molecule has 1 aromatic rings. The number of oxazole rings is 1. The summed E-state index contributed by atoms with van der Waals surface area (Å²) in [6, 6.07) is 0. The largest absolute Gasteiger partial charge is 0.464 e. The van der Waals surface area contributed by atoms with Gasteiger partial charge in [0.15, 0.2) is 5.69 Å². The summed E-state index contributed by atoms with van der Waals surface area (Å²) in [5, 5.41) is 10.4. The Morgan fingerprint density at radius 2 is 2.15 bits per heavy atom. The van der Waals surface area contributed by atoms with E-state index < -0.39 is 17.5 Å². The molecule has 2 aliphatic heterocycles. The minimum Gasteiger partial charge on any atom is -0.464 e. The van der Waals surface area contributed by atoms with Gasteiger partial charge in [-0.25, -0.2) is 9.78 Å². The van der Waals surface area contributed by atoms with Gasteiger partial charge in [0.1, 0.15) is 6.26 Å². The van der Waals surface area contributed by atoms with Crippen molar-refractivity contribution in [1.29, 1.82) is 0 Å². The molecule has 1 aliphatic carbocycles. The SMILES string of the molecule is COC(=O)c1coc(CN2CCC3(CC2)CC(O)CN(CC2CC2)C3=O)n1. The molecule has 148 valence electrons. The molecular formula is C19H27N3O5. The van der Waals surface area contributed by atoms with E-state index in [0.717, 1.165) is 32.5 Å². The summed E-state index contributed by atoms with van der Waals surface area (Å²) in [5.74, 6) is 0.811. The van der Waals surface area contributed by atoms with Crippen molar-refractivity contribution in [2.75, 3.05) is 33.3 Å². The van der Waals surface area contributed by atoms with Gasteiger partial charge in [-0.05, 0) is 51.1 Å². The van der Waals surface area contributed by atoms with Crippen LogP contribution in [0.2, 0.25) is 0 Å². The van der Waals surface area contributed by atoms with Crippen LogP contribution in [0.1, 0.15) is 48.5 Å². The Morgan fingerprint density at radius 3 is 2.81 bits per heavy atom. The number of aliphatic hydroxyl groups excluding tert-OH is 1. The Hall–Kier alpha value is -1.93. The van der Waals surface area contributed by atoms with Crippen molar-refractivity contribution in [3.05, 3.63) is 17.8 Å². The number of ether oxygens (including phenoxy) is 1. The molecule has 0 radical (unpaired) electrons. The van der Waals surface area contributed by atoms with E-state index in [1.807, 2.05) is 4.90 Å². The maximum Gasteiger partial charge on any atom is 0.360 e. The normalized spacial score (nSPS) is 25.8. The number of aromatic nitrogens is 1. The van der Waals surface area contributed by atoms with Crippen LogP contribution >= 0.6 is 0 Å². The number of rotatable bonds is 5. The number of β-amino-alcohol motifs (C(OH)–C–C–N with tert-alkyl or cyclic N) is 1. The monoisotopic (exact) mass is 377 g/mol.